The van der Waals surface area contributed by atoms with Crippen LogP contribution in [0, 0.1) is 18.3 Å². The molecule has 0 amide bonds. The number of H-pyrrole nitrogens is 1. The van der Waals surface area contributed by atoms with Crippen LogP contribution in [0.3, 0.4) is 0 Å². The lowest BCUT2D eigenvalue weighted by Gasteiger charge is -2.24. The zero-order valence-corrected chi connectivity index (χ0v) is 17.6. The number of aromatic amines is 1. The van der Waals surface area contributed by atoms with Gasteiger partial charge in [-0.3, -0.25) is 5.10 Å². The van der Waals surface area contributed by atoms with Crippen LogP contribution in [0.1, 0.15) is 39.1 Å². The number of carbonyl (C=O) groups is 1. The monoisotopic (exact) mass is 436 g/mol. The third kappa shape index (κ3) is 3.60. The number of nitrogens with two attached hydrogens (primary N) is 1. The van der Waals surface area contributed by atoms with Gasteiger partial charge in [-0.25, -0.2) is 4.79 Å². The number of aryl methyl sites for hydroxylation is 1. The molecule has 10 nitrogen and oxygen atoms in total. The molecule has 0 saturated heterocycles. The molecule has 0 radical (unpaired) electrons. The number of methoxy groups -OCH3 is 2. The maximum Gasteiger partial charge on any atom is 0.373 e. The third-order valence-corrected chi connectivity index (χ3v) is 5.07. The fraction of sp³-hybridized carbons (Fsp3) is 0.227. The van der Waals surface area contributed by atoms with Gasteiger partial charge in [-0.15, -0.1) is 5.10 Å². The molecule has 1 aliphatic heterocycles. The van der Waals surface area contributed by atoms with Crippen LogP contribution in [0.25, 0.3) is 0 Å². The molecule has 164 valence electrons. The van der Waals surface area contributed by atoms with Crippen molar-refractivity contribution < 1.29 is 28.2 Å². The molecule has 0 aliphatic carbocycles. The van der Waals surface area contributed by atoms with E-state index in [1.54, 1.807) is 18.2 Å². The number of benzene rings is 1. The minimum Gasteiger partial charge on any atom is -0.493 e. The number of rotatable bonds is 6. The summed E-state index contributed by atoms with van der Waals surface area (Å²) < 4.78 is 26.9. The summed E-state index contributed by atoms with van der Waals surface area (Å²) >= 11 is 0. The number of hydrogen-bond acceptors (Lipinski definition) is 9. The lowest BCUT2D eigenvalue weighted by molar-refractivity contribution is 0.0561. The molecule has 0 saturated carbocycles. The van der Waals surface area contributed by atoms with E-state index in [9.17, 15) is 10.1 Å². The predicted molar refractivity (Wildman–Crippen MR) is 110 cm³/mol. The molecule has 10 heteroatoms. The van der Waals surface area contributed by atoms with Crippen LogP contribution in [0.2, 0.25) is 0 Å². The standard InChI is InChI=1S/C22H20N4O6/c1-11-18-19(14(9-23)20(24)32-21(18)26-25-11)12-4-6-15(17(8-12)28-2)30-10-13-5-7-16(31-13)22(27)29-3/h4-8,19H,10,24H2,1-3H3,(H,25,26)/t19-/m0/s1. The van der Waals surface area contributed by atoms with Gasteiger partial charge in [0.05, 0.1) is 20.1 Å². The molecule has 3 aromatic rings. The molecule has 3 N–H and O–H groups in total. The van der Waals surface area contributed by atoms with Gasteiger partial charge in [-0.05, 0) is 36.8 Å². The largest absolute Gasteiger partial charge is 0.493 e. The maximum atomic E-state index is 11.5. The molecule has 1 atom stereocenters. The van der Waals surface area contributed by atoms with Crippen molar-refractivity contribution in [3.8, 4) is 23.4 Å². The summed E-state index contributed by atoms with van der Waals surface area (Å²) in [4.78, 5) is 11.5. The molecule has 0 spiro atoms. The number of ether oxygens (including phenoxy) is 4. The summed E-state index contributed by atoms with van der Waals surface area (Å²) in [5.74, 6) is 0.751. The Hall–Kier alpha value is -4.39. The summed E-state index contributed by atoms with van der Waals surface area (Å²) in [5.41, 5.74) is 8.51. The Morgan fingerprint density at radius 1 is 1.28 bits per heavy atom. The highest BCUT2D eigenvalue weighted by molar-refractivity contribution is 5.86. The van der Waals surface area contributed by atoms with Crippen molar-refractivity contribution in [2.75, 3.05) is 14.2 Å². The van der Waals surface area contributed by atoms with Gasteiger partial charge in [0.15, 0.2) is 11.5 Å². The number of allylic oxidation sites excluding steroid dienone is 1. The van der Waals surface area contributed by atoms with E-state index in [0.717, 1.165) is 16.8 Å². The van der Waals surface area contributed by atoms with Gasteiger partial charge in [0, 0.05) is 11.3 Å². The van der Waals surface area contributed by atoms with E-state index in [-0.39, 0.29) is 23.8 Å². The average molecular weight is 436 g/mol. The van der Waals surface area contributed by atoms with Gasteiger partial charge >= 0.3 is 5.97 Å². The van der Waals surface area contributed by atoms with Crippen molar-refractivity contribution in [3.05, 3.63) is 70.1 Å². The number of aromatic nitrogens is 2. The predicted octanol–water partition coefficient (Wildman–Crippen LogP) is 2.90. The van der Waals surface area contributed by atoms with Crippen molar-refractivity contribution in [2.24, 2.45) is 5.73 Å². The number of hydrogen-bond donors (Lipinski definition) is 2. The van der Waals surface area contributed by atoms with E-state index in [1.165, 1.54) is 20.3 Å². The van der Waals surface area contributed by atoms with E-state index >= 15 is 0 Å². The number of nitrogens with one attached hydrogen (secondary N) is 1. The molecule has 1 aromatic carbocycles. The topological polar surface area (TPSA) is 146 Å². The lowest BCUT2D eigenvalue weighted by Crippen LogP contribution is -2.21. The lowest BCUT2D eigenvalue weighted by atomic mass is 9.84. The molecular weight excluding hydrogens is 416 g/mol. The normalized spacial score (nSPS) is 14.9. The molecular formula is C22H20N4O6. The van der Waals surface area contributed by atoms with Crippen molar-refractivity contribution in [3.63, 3.8) is 0 Å². The van der Waals surface area contributed by atoms with Gasteiger partial charge < -0.3 is 29.1 Å². The van der Waals surface area contributed by atoms with Gasteiger partial charge in [0.25, 0.3) is 0 Å². The SMILES string of the molecule is COC(=O)c1ccc(COc2ccc([C@H]3C(C#N)=C(N)Oc4n[nH]c(C)c43)cc2OC)o1. The van der Waals surface area contributed by atoms with Crippen molar-refractivity contribution in [1.29, 1.82) is 5.26 Å². The summed E-state index contributed by atoms with van der Waals surface area (Å²) in [7, 11) is 2.79. The zero-order valence-electron chi connectivity index (χ0n) is 17.6. The quantitative estimate of drug-likeness (QED) is 0.557. The van der Waals surface area contributed by atoms with Gasteiger partial charge in [0.1, 0.15) is 24.0 Å². The Morgan fingerprint density at radius 2 is 2.09 bits per heavy atom. The first kappa shape index (κ1) is 20.9. The van der Waals surface area contributed by atoms with Gasteiger partial charge in [-0.1, -0.05) is 6.07 Å². The van der Waals surface area contributed by atoms with Crippen LogP contribution in [0.5, 0.6) is 17.4 Å². The van der Waals surface area contributed by atoms with E-state index in [1.807, 2.05) is 13.0 Å². The highest BCUT2D eigenvalue weighted by Gasteiger charge is 2.34. The molecule has 1 aliphatic rings. The van der Waals surface area contributed by atoms with E-state index < -0.39 is 11.9 Å². The Bertz CT molecular complexity index is 1250. The van der Waals surface area contributed by atoms with Gasteiger partial charge in [-0.2, -0.15) is 5.26 Å². The second kappa shape index (κ2) is 8.39. The third-order valence-electron chi connectivity index (χ3n) is 5.07. The smallest absolute Gasteiger partial charge is 0.373 e. The van der Waals surface area contributed by atoms with Crippen molar-refractivity contribution in [2.45, 2.75) is 19.4 Å². The van der Waals surface area contributed by atoms with Crippen LogP contribution in [-0.4, -0.2) is 30.4 Å². The Balaban J connectivity index is 1.63. The van der Waals surface area contributed by atoms with Crippen LogP contribution in [0.15, 0.2) is 46.2 Å². The summed E-state index contributed by atoms with van der Waals surface area (Å²) in [6.45, 7) is 1.92. The Kier molecular flexibility index (Phi) is 5.47. The molecule has 0 unspecified atom stereocenters. The van der Waals surface area contributed by atoms with Crippen LogP contribution in [-0.2, 0) is 11.3 Å². The molecule has 3 heterocycles. The fourth-order valence-corrected chi connectivity index (χ4v) is 3.53. The van der Waals surface area contributed by atoms with Crippen molar-refractivity contribution >= 4 is 5.97 Å². The number of furan rings is 1. The fourth-order valence-electron chi connectivity index (χ4n) is 3.53. The number of esters is 1. The number of carbonyl (C=O) groups excluding carboxylic acids is 1. The minimum absolute atomic E-state index is 0.00928. The highest BCUT2D eigenvalue weighted by atomic mass is 16.5. The molecule has 32 heavy (non-hydrogen) atoms. The number of fused-ring (bicyclic) bond motifs is 1. The van der Waals surface area contributed by atoms with E-state index in [0.29, 0.717) is 23.1 Å². The number of nitrogens with zero attached hydrogens (tertiary/aromatic N) is 2. The zero-order chi connectivity index (χ0) is 22.8. The highest BCUT2D eigenvalue weighted by Crippen LogP contribution is 2.44. The van der Waals surface area contributed by atoms with Crippen LogP contribution < -0.4 is 19.9 Å². The summed E-state index contributed by atoms with van der Waals surface area (Å²) in [6.07, 6.45) is 0. The second-order valence-corrected chi connectivity index (χ2v) is 6.95. The number of nitriles is 1. The molecule has 4 rings (SSSR count). The molecule has 2 aromatic heterocycles. The van der Waals surface area contributed by atoms with E-state index in [4.69, 9.17) is 24.4 Å². The first-order valence-electron chi connectivity index (χ1n) is 9.57. The average Bonchev–Trinajstić information content (AvgIpc) is 3.43. The van der Waals surface area contributed by atoms with Gasteiger partial charge in [0.2, 0.25) is 17.5 Å². The second-order valence-electron chi connectivity index (χ2n) is 6.95. The van der Waals surface area contributed by atoms with E-state index in [2.05, 4.69) is 21.0 Å². The minimum atomic E-state index is -0.566. The Labute approximate surface area is 183 Å². The summed E-state index contributed by atoms with van der Waals surface area (Å²) in [6, 6.07) is 10.6. The van der Waals surface area contributed by atoms with Crippen molar-refractivity contribution in [1.82, 2.24) is 10.2 Å². The molecule has 0 bridgehead atoms. The van der Waals surface area contributed by atoms with Crippen LogP contribution >= 0.6 is 0 Å². The Morgan fingerprint density at radius 3 is 2.81 bits per heavy atom. The summed E-state index contributed by atoms with van der Waals surface area (Å²) in [5, 5.41) is 16.7. The van der Waals surface area contributed by atoms with Crippen LogP contribution in [0.4, 0.5) is 0 Å². The first-order chi connectivity index (χ1) is 15.5. The molecule has 0 fully saturated rings. The maximum absolute atomic E-state index is 11.5. The first-order valence-corrected chi connectivity index (χ1v) is 9.57.